The number of benzene rings is 2. The second-order valence-electron chi connectivity index (χ2n) is 10.3. The molecule has 0 fully saturated rings. The average molecular weight is 475 g/mol. The molecule has 5 heteroatoms. The minimum Gasteiger partial charge on any atom is -0.508 e. The number of phenolic OH excluding ortho intramolecular Hbond substituents is 1. The summed E-state index contributed by atoms with van der Waals surface area (Å²) < 4.78 is 5.81. The molecule has 0 heterocycles. The first-order valence-corrected chi connectivity index (χ1v) is 13.2. The lowest BCUT2D eigenvalue weighted by Crippen LogP contribution is -2.17. The second-order valence-corrected chi connectivity index (χ2v) is 12.7. The summed E-state index contributed by atoms with van der Waals surface area (Å²) in [5.74, 6) is 2.60. The van der Waals surface area contributed by atoms with Crippen molar-refractivity contribution in [2.45, 2.75) is 89.4 Å². The minimum atomic E-state index is -0.180. The number of carbonyl (C=O) groups is 1. The molecule has 0 aliphatic rings. The quantitative estimate of drug-likeness (QED) is 0.252. The van der Waals surface area contributed by atoms with Crippen LogP contribution in [0.1, 0.15) is 77.1 Å². The SMILES string of the molecule is CCSCCC(=O)Oc1cc(C)c(Sc2cc(C(C)(C)C)c(O)cc2C)cc1C(C)(C)C. The van der Waals surface area contributed by atoms with Gasteiger partial charge >= 0.3 is 5.97 Å². The van der Waals surface area contributed by atoms with Crippen molar-refractivity contribution in [3.05, 3.63) is 46.5 Å². The number of thioether (sulfide) groups is 1. The number of aromatic hydroxyl groups is 1. The van der Waals surface area contributed by atoms with Gasteiger partial charge in [0.25, 0.3) is 0 Å². The zero-order valence-corrected chi connectivity index (χ0v) is 22.6. The van der Waals surface area contributed by atoms with Gasteiger partial charge in [0.1, 0.15) is 11.5 Å². The highest BCUT2D eigenvalue weighted by Crippen LogP contribution is 2.42. The van der Waals surface area contributed by atoms with Crippen molar-refractivity contribution in [3.8, 4) is 11.5 Å². The lowest BCUT2D eigenvalue weighted by atomic mass is 9.86. The van der Waals surface area contributed by atoms with Crippen LogP contribution in [-0.2, 0) is 15.6 Å². The van der Waals surface area contributed by atoms with E-state index in [4.69, 9.17) is 4.74 Å². The maximum Gasteiger partial charge on any atom is 0.312 e. The Hall–Kier alpha value is -1.59. The van der Waals surface area contributed by atoms with E-state index >= 15 is 0 Å². The minimum absolute atomic E-state index is 0.146. The number of esters is 1. The lowest BCUT2D eigenvalue weighted by molar-refractivity contribution is -0.133. The summed E-state index contributed by atoms with van der Waals surface area (Å²) in [6.07, 6.45) is 0.417. The van der Waals surface area contributed by atoms with Crippen LogP contribution in [0, 0.1) is 13.8 Å². The maximum absolute atomic E-state index is 12.4. The molecule has 1 N–H and O–H groups in total. The zero-order chi connectivity index (χ0) is 24.3. The van der Waals surface area contributed by atoms with E-state index < -0.39 is 0 Å². The Morgan fingerprint density at radius 1 is 0.906 bits per heavy atom. The monoisotopic (exact) mass is 474 g/mol. The van der Waals surface area contributed by atoms with E-state index in [1.165, 1.54) is 0 Å². The van der Waals surface area contributed by atoms with Crippen molar-refractivity contribution >= 4 is 29.5 Å². The Morgan fingerprint density at radius 2 is 1.44 bits per heavy atom. The molecule has 0 aliphatic heterocycles. The predicted molar refractivity (Wildman–Crippen MR) is 139 cm³/mol. The molecule has 32 heavy (non-hydrogen) atoms. The Kier molecular flexibility index (Phi) is 8.80. The number of carbonyl (C=O) groups excluding carboxylic acids is 1. The van der Waals surface area contributed by atoms with E-state index in [2.05, 4.69) is 67.5 Å². The number of ether oxygens (including phenoxy) is 1. The Bertz CT molecular complexity index is 966. The van der Waals surface area contributed by atoms with E-state index in [1.54, 1.807) is 23.5 Å². The normalized spacial score (nSPS) is 12.2. The third-order valence-corrected chi connectivity index (χ3v) is 7.51. The molecular formula is C27H38O3S2. The molecule has 0 spiro atoms. The van der Waals surface area contributed by atoms with Crippen LogP contribution in [0.5, 0.6) is 11.5 Å². The van der Waals surface area contributed by atoms with Gasteiger partial charge in [-0.15, -0.1) is 0 Å². The Balaban J connectivity index is 2.43. The van der Waals surface area contributed by atoms with Crippen LogP contribution in [0.4, 0.5) is 0 Å². The molecule has 2 aromatic carbocycles. The van der Waals surface area contributed by atoms with Gasteiger partial charge in [0.05, 0.1) is 6.42 Å². The zero-order valence-electron chi connectivity index (χ0n) is 21.0. The summed E-state index contributed by atoms with van der Waals surface area (Å²) in [6, 6.07) is 8.11. The highest BCUT2D eigenvalue weighted by atomic mass is 32.2. The highest BCUT2D eigenvalue weighted by Gasteiger charge is 2.24. The number of phenols is 1. The molecule has 176 valence electrons. The van der Waals surface area contributed by atoms with E-state index in [9.17, 15) is 9.90 Å². The summed E-state index contributed by atoms with van der Waals surface area (Å²) >= 11 is 3.45. The van der Waals surface area contributed by atoms with Gasteiger partial charge in [-0.05, 0) is 65.8 Å². The molecule has 0 aliphatic carbocycles. The van der Waals surface area contributed by atoms with Gasteiger partial charge < -0.3 is 9.84 Å². The summed E-state index contributed by atoms with van der Waals surface area (Å²) in [5.41, 5.74) is 3.76. The van der Waals surface area contributed by atoms with Gasteiger partial charge in [-0.25, -0.2) is 0 Å². The topological polar surface area (TPSA) is 46.5 Å². The third kappa shape index (κ3) is 6.95. The van der Waals surface area contributed by atoms with Crippen molar-refractivity contribution in [1.82, 2.24) is 0 Å². The fraction of sp³-hybridized carbons (Fsp3) is 0.519. The van der Waals surface area contributed by atoms with Gasteiger partial charge in [0.2, 0.25) is 0 Å². The van der Waals surface area contributed by atoms with Crippen molar-refractivity contribution in [3.63, 3.8) is 0 Å². The first kappa shape index (κ1) is 26.7. The Morgan fingerprint density at radius 3 is 1.97 bits per heavy atom. The average Bonchev–Trinajstić information content (AvgIpc) is 2.63. The van der Waals surface area contributed by atoms with Crippen LogP contribution in [-0.4, -0.2) is 22.6 Å². The standard InChI is InChI=1S/C27H38O3S2/c1-10-31-12-11-25(29)30-22-14-18(3)24(16-20(22)27(7,8)9)32-23-15-19(26(4,5)6)21(28)13-17(23)2/h13-16,28H,10-12H2,1-9H3. The van der Waals surface area contributed by atoms with Gasteiger partial charge in [0.15, 0.2) is 0 Å². The van der Waals surface area contributed by atoms with Crippen LogP contribution >= 0.6 is 23.5 Å². The predicted octanol–water partition coefficient (Wildman–Crippen LogP) is 7.80. The van der Waals surface area contributed by atoms with Crippen LogP contribution < -0.4 is 4.74 Å². The summed E-state index contributed by atoms with van der Waals surface area (Å²) in [6.45, 7) is 18.9. The molecule has 3 nitrogen and oxygen atoms in total. The lowest BCUT2D eigenvalue weighted by Gasteiger charge is -2.25. The fourth-order valence-corrected chi connectivity index (χ4v) is 5.05. The molecular weight excluding hydrogens is 436 g/mol. The number of rotatable bonds is 7. The molecule has 0 bridgehead atoms. The first-order chi connectivity index (χ1) is 14.7. The summed E-state index contributed by atoms with van der Waals surface area (Å²) in [4.78, 5) is 14.6. The van der Waals surface area contributed by atoms with E-state index in [0.29, 0.717) is 17.9 Å². The second kappa shape index (κ2) is 10.6. The molecule has 0 aromatic heterocycles. The smallest absolute Gasteiger partial charge is 0.312 e. The van der Waals surface area contributed by atoms with E-state index in [0.717, 1.165) is 43.6 Å². The van der Waals surface area contributed by atoms with Gasteiger partial charge in [-0.3, -0.25) is 4.79 Å². The van der Waals surface area contributed by atoms with Crippen LogP contribution in [0.25, 0.3) is 0 Å². The molecule has 0 radical (unpaired) electrons. The van der Waals surface area contributed by atoms with Crippen LogP contribution in [0.3, 0.4) is 0 Å². The number of hydrogen-bond acceptors (Lipinski definition) is 5. The molecule has 2 aromatic rings. The van der Waals surface area contributed by atoms with Gasteiger partial charge in [-0.1, -0.05) is 60.2 Å². The van der Waals surface area contributed by atoms with Crippen molar-refractivity contribution < 1.29 is 14.6 Å². The molecule has 0 atom stereocenters. The van der Waals surface area contributed by atoms with Crippen LogP contribution in [0.15, 0.2) is 34.1 Å². The third-order valence-electron chi connectivity index (χ3n) is 5.28. The van der Waals surface area contributed by atoms with Crippen molar-refractivity contribution in [2.24, 2.45) is 0 Å². The van der Waals surface area contributed by atoms with Crippen LogP contribution in [0.2, 0.25) is 0 Å². The maximum atomic E-state index is 12.4. The molecule has 2 rings (SSSR count). The molecule has 0 saturated heterocycles. The van der Waals surface area contributed by atoms with Gasteiger partial charge in [0, 0.05) is 26.7 Å². The fourth-order valence-electron chi connectivity index (χ4n) is 3.42. The van der Waals surface area contributed by atoms with E-state index in [-0.39, 0.29) is 16.8 Å². The highest BCUT2D eigenvalue weighted by molar-refractivity contribution is 7.99. The molecule has 0 saturated carbocycles. The van der Waals surface area contributed by atoms with Gasteiger partial charge in [-0.2, -0.15) is 11.8 Å². The number of hydrogen-bond donors (Lipinski definition) is 1. The largest absolute Gasteiger partial charge is 0.508 e. The molecule has 0 unspecified atom stereocenters. The number of aryl methyl sites for hydroxylation is 2. The van der Waals surface area contributed by atoms with Crippen molar-refractivity contribution in [2.75, 3.05) is 11.5 Å². The Labute approximate surface area is 202 Å². The van der Waals surface area contributed by atoms with Crippen molar-refractivity contribution in [1.29, 1.82) is 0 Å². The summed E-state index contributed by atoms with van der Waals surface area (Å²) in [7, 11) is 0. The van der Waals surface area contributed by atoms with E-state index in [1.807, 2.05) is 19.1 Å². The summed E-state index contributed by atoms with van der Waals surface area (Å²) in [5, 5.41) is 10.5. The first-order valence-electron chi connectivity index (χ1n) is 11.2. The molecule has 0 amide bonds.